The number of aliphatic carboxylic acids is 1. The Morgan fingerprint density at radius 2 is 1.62 bits per heavy atom. The Balaban J connectivity index is 0. The van der Waals surface area contributed by atoms with Gasteiger partial charge in [0.05, 0.1) is 23.5 Å². The van der Waals surface area contributed by atoms with Crippen LogP contribution < -0.4 is 5.23 Å². The highest BCUT2D eigenvalue weighted by molar-refractivity contribution is 6.47. The first-order valence-electron chi connectivity index (χ1n) is 4.60. The summed E-state index contributed by atoms with van der Waals surface area (Å²) in [7, 11) is 20.8. The monoisotopic (exact) mass is 215 g/mol. The minimum Gasteiger partial charge on any atom is -0.482 e. The average molecular weight is 214 g/mol. The molecule has 2 N–H and O–H groups in total. The molecule has 8 heteroatoms. The molecule has 1 atom stereocenters. The first-order chi connectivity index (χ1) is 7.07. The number of hydrogen-bond acceptors (Lipinski definition) is 2. The number of carboxylic acids is 1. The van der Waals surface area contributed by atoms with Crippen LogP contribution in [0.5, 0.6) is 0 Å². The van der Waals surface area contributed by atoms with Crippen molar-refractivity contribution in [3.8, 4) is 0 Å². The number of hydrogen-bond donors (Lipinski definition) is 2. The van der Waals surface area contributed by atoms with Gasteiger partial charge in [-0.15, -0.1) is 0 Å². The van der Waals surface area contributed by atoms with E-state index in [2.05, 4.69) is 7.98 Å². The Morgan fingerprint density at radius 3 is 1.69 bits per heavy atom. The zero-order chi connectivity index (χ0) is 13.5. The van der Waals surface area contributed by atoms with Gasteiger partial charge in [-0.1, -0.05) is 25.0 Å². The van der Waals surface area contributed by atoms with E-state index < -0.39 is 17.0 Å². The topological polar surface area (TPSA) is 66.4 Å². The SMILES string of the molecule is [B]C(C(=O)O)C([B])([B])C(C)C.[B]NC(C)=O. The molecule has 80 valence electrons. The standard InChI is InChI=1S/C6H9B3O2.C2H4BNO/c1-3(2)6(8,9)4(7)5(10)11;1-2(5)4-3/h3-4H,1-2H3,(H,10,11);1H3,(H,4,5). The molecule has 4 nitrogen and oxygen atoms in total. The number of carbonyl (C=O) groups is 2. The van der Waals surface area contributed by atoms with Crippen LogP contribution in [0.2, 0.25) is 11.0 Å². The lowest BCUT2D eigenvalue weighted by Gasteiger charge is -2.34. The third kappa shape index (κ3) is 6.64. The van der Waals surface area contributed by atoms with Crippen molar-refractivity contribution < 1.29 is 14.7 Å². The molecule has 0 spiro atoms. The summed E-state index contributed by atoms with van der Waals surface area (Å²) in [6, 6.07) is 0. The molecule has 0 aliphatic rings. The van der Waals surface area contributed by atoms with Gasteiger partial charge in [0.1, 0.15) is 0 Å². The Bertz CT molecular complexity index is 245. The number of amides is 1. The van der Waals surface area contributed by atoms with Crippen LogP contribution >= 0.6 is 0 Å². The van der Waals surface area contributed by atoms with Gasteiger partial charge in [-0.2, -0.15) is 0 Å². The van der Waals surface area contributed by atoms with Gasteiger partial charge in [0.15, 0.2) is 0 Å². The minimum atomic E-state index is -1.34. The largest absolute Gasteiger partial charge is 0.482 e. The van der Waals surface area contributed by atoms with Crippen molar-refractivity contribution in [3.63, 3.8) is 0 Å². The Morgan fingerprint density at radius 1 is 1.31 bits per heavy atom. The molecule has 0 aromatic rings. The Hall–Kier alpha value is -0.800. The number of carboxylic acid groups (broad SMARTS) is 1. The molecule has 0 heterocycles. The quantitative estimate of drug-likeness (QED) is 0.613. The zero-order valence-electron chi connectivity index (χ0n) is 9.73. The Labute approximate surface area is 102 Å². The highest BCUT2D eigenvalue weighted by Gasteiger charge is 2.32. The minimum absolute atomic E-state index is 0.173. The van der Waals surface area contributed by atoms with E-state index in [1.54, 1.807) is 13.8 Å². The van der Waals surface area contributed by atoms with Crippen molar-refractivity contribution in [1.82, 2.24) is 5.23 Å². The summed E-state index contributed by atoms with van der Waals surface area (Å²) in [5.74, 6) is -2.79. The van der Waals surface area contributed by atoms with Crippen molar-refractivity contribution >= 4 is 43.4 Å². The number of carbonyl (C=O) groups excluding carboxylic acids is 1. The van der Waals surface area contributed by atoms with E-state index in [-0.39, 0.29) is 11.8 Å². The highest BCUT2D eigenvalue weighted by atomic mass is 16.4. The van der Waals surface area contributed by atoms with Gasteiger partial charge >= 0.3 is 0 Å². The van der Waals surface area contributed by atoms with E-state index in [9.17, 15) is 9.59 Å². The summed E-state index contributed by atoms with van der Waals surface area (Å²) < 4.78 is 0. The van der Waals surface area contributed by atoms with E-state index in [0.29, 0.717) is 0 Å². The summed E-state index contributed by atoms with van der Waals surface area (Å²) >= 11 is 0. The zero-order valence-corrected chi connectivity index (χ0v) is 9.73. The molecule has 0 fully saturated rings. The number of rotatable bonds is 3. The summed E-state index contributed by atoms with van der Waals surface area (Å²) in [5.41, 5.74) is 0. The van der Waals surface area contributed by atoms with Crippen LogP contribution in [0, 0.1) is 5.92 Å². The second-order valence-electron chi connectivity index (χ2n) is 3.67. The van der Waals surface area contributed by atoms with Gasteiger partial charge in [-0.3, -0.25) is 9.59 Å². The van der Waals surface area contributed by atoms with Crippen LogP contribution in [-0.4, -0.2) is 48.5 Å². The van der Waals surface area contributed by atoms with Crippen molar-refractivity contribution in [2.75, 3.05) is 0 Å². The van der Waals surface area contributed by atoms with Crippen LogP contribution in [-0.2, 0) is 9.59 Å². The van der Waals surface area contributed by atoms with Gasteiger partial charge in [0.2, 0.25) is 13.9 Å². The second kappa shape index (κ2) is 7.47. The fraction of sp³-hybridized carbons (Fsp3) is 0.750. The Kier molecular flexibility index (Phi) is 8.21. The van der Waals surface area contributed by atoms with Gasteiger partial charge in [-0.25, -0.2) is 0 Å². The highest BCUT2D eigenvalue weighted by Crippen LogP contribution is 2.38. The molecule has 0 saturated carbocycles. The van der Waals surface area contributed by atoms with Crippen molar-refractivity contribution in [2.45, 2.75) is 31.8 Å². The third-order valence-corrected chi connectivity index (χ3v) is 2.01. The smallest absolute Gasteiger partial charge is 0.296 e. The molecule has 0 aliphatic carbocycles. The van der Waals surface area contributed by atoms with Crippen LogP contribution in [0.3, 0.4) is 0 Å². The molecule has 0 aliphatic heterocycles. The van der Waals surface area contributed by atoms with Gasteiger partial charge in [0.25, 0.3) is 5.97 Å². The maximum atomic E-state index is 10.4. The molecule has 0 aromatic carbocycles. The molecule has 1 unspecified atom stereocenters. The predicted octanol–water partition coefficient (Wildman–Crippen LogP) is -0.657. The summed E-state index contributed by atoms with van der Waals surface area (Å²) in [6.45, 7) is 4.80. The lowest BCUT2D eigenvalue weighted by Crippen LogP contribution is -2.30. The van der Waals surface area contributed by atoms with E-state index in [1.807, 2.05) is 5.23 Å². The summed E-state index contributed by atoms with van der Waals surface area (Å²) in [5, 5.41) is 9.03. The molecule has 0 aromatic heterocycles. The lowest BCUT2D eigenvalue weighted by atomic mass is 9.39. The molecule has 0 rings (SSSR count). The fourth-order valence-corrected chi connectivity index (χ4v) is 0.573. The molecule has 8 radical (unpaired) electrons. The molecule has 0 saturated heterocycles. The molecular weight excluding hydrogens is 201 g/mol. The molecule has 1 amide bonds. The van der Waals surface area contributed by atoms with E-state index >= 15 is 0 Å². The summed E-state index contributed by atoms with van der Waals surface area (Å²) in [6.07, 6.45) is 0. The molecule has 0 bridgehead atoms. The fourth-order valence-electron chi connectivity index (χ4n) is 0.573. The number of nitrogens with one attached hydrogen (secondary N) is 1. The molecular formula is C8H13B4NO3. The average Bonchev–Trinajstić information content (AvgIpc) is 2.16. The van der Waals surface area contributed by atoms with Gasteiger partial charge in [0, 0.05) is 12.7 Å². The van der Waals surface area contributed by atoms with Crippen LogP contribution in [0.1, 0.15) is 20.8 Å². The van der Waals surface area contributed by atoms with Crippen molar-refractivity contribution in [3.05, 3.63) is 0 Å². The first kappa shape index (κ1) is 17.6. The van der Waals surface area contributed by atoms with E-state index in [1.165, 1.54) is 6.92 Å². The van der Waals surface area contributed by atoms with Crippen molar-refractivity contribution in [1.29, 1.82) is 0 Å². The van der Waals surface area contributed by atoms with Crippen LogP contribution in [0.15, 0.2) is 0 Å². The third-order valence-electron chi connectivity index (χ3n) is 2.01. The van der Waals surface area contributed by atoms with Crippen LogP contribution in [0.4, 0.5) is 0 Å². The first-order valence-corrected chi connectivity index (χ1v) is 4.60. The summed E-state index contributed by atoms with van der Waals surface area (Å²) in [4.78, 5) is 19.9. The van der Waals surface area contributed by atoms with E-state index in [4.69, 9.17) is 28.6 Å². The van der Waals surface area contributed by atoms with Crippen molar-refractivity contribution in [2.24, 2.45) is 5.92 Å². The maximum absolute atomic E-state index is 10.4. The lowest BCUT2D eigenvalue weighted by molar-refractivity contribution is -0.137. The molecule has 16 heavy (non-hydrogen) atoms. The maximum Gasteiger partial charge on any atom is 0.296 e. The van der Waals surface area contributed by atoms with Crippen LogP contribution in [0.25, 0.3) is 0 Å². The normalized spacial score (nSPS) is 12.2. The predicted molar refractivity (Wildman–Crippen MR) is 65.7 cm³/mol. The van der Waals surface area contributed by atoms with Gasteiger partial charge in [-0.05, 0) is 0 Å². The second-order valence-corrected chi connectivity index (χ2v) is 3.67. The van der Waals surface area contributed by atoms with Gasteiger partial charge < -0.3 is 10.3 Å². The van der Waals surface area contributed by atoms with E-state index in [0.717, 1.165) is 0 Å².